The molecule has 0 atom stereocenters. The topological polar surface area (TPSA) is 76.0 Å². The third-order valence-electron chi connectivity index (χ3n) is 5.49. The summed E-state index contributed by atoms with van der Waals surface area (Å²) in [4.78, 5) is 29.7. The van der Waals surface area contributed by atoms with Crippen LogP contribution in [0.3, 0.4) is 0 Å². The average molecular weight is 515 g/mol. The minimum Gasteiger partial charge on any atom is -0.352 e. The van der Waals surface area contributed by atoms with Crippen molar-refractivity contribution in [2.24, 2.45) is 0 Å². The van der Waals surface area contributed by atoms with E-state index in [2.05, 4.69) is 15.6 Å². The minimum atomic E-state index is -4.50. The van der Waals surface area contributed by atoms with E-state index < -0.39 is 17.6 Å². The molecule has 0 radical (unpaired) electrons. The number of aromatic nitrogens is 2. The lowest BCUT2D eigenvalue weighted by Crippen LogP contribution is -2.25. The number of rotatable bonds is 8. The molecule has 0 unspecified atom stereocenters. The average Bonchev–Trinajstić information content (AvgIpc) is 3.18. The number of hydrogen-bond donors (Lipinski definition) is 2. The first kappa shape index (κ1) is 25.2. The Kier molecular flexibility index (Phi) is 7.59. The lowest BCUT2D eigenvalue weighted by molar-refractivity contribution is -0.137. The first-order valence-corrected chi connectivity index (χ1v) is 11.5. The first-order chi connectivity index (χ1) is 17.2. The fraction of sp³-hybridized carbons (Fsp3) is 0.192. The third kappa shape index (κ3) is 6.04. The zero-order valence-electron chi connectivity index (χ0n) is 19.0. The van der Waals surface area contributed by atoms with E-state index in [1.165, 1.54) is 12.1 Å². The van der Waals surface area contributed by atoms with Gasteiger partial charge < -0.3 is 15.2 Å². The van der Waals surface area contributed by atoms with Crippen molar-refractivity contribution in [2.75, 3.05) is 11.9 Å². The quantitative estimate of drug-likeness (QED) is 0.296. The number of aryl methyl sites for hydroxylation is 1. The second kappa shape index (κ2) is 10.8. The number of alkyl halides is 3. The number of carbonyl (C=O) groups excluding carboxylic acids is 2. The van der Waals surface area contributed by atoms with Crippen molar-refractivity contribution in [3.8, 4) is 0 Å². The first-order valence-electron chi connectivity index (χ1n) is 11.2. The summed E-state index contributed by atoms with van der Waals surface area (Å²) in [6.45, 7) is 0.238. The smallest absolute Gasteiger partial charge is 0.352 e. The SMILES string of the molecule is O=C(Cn1c(CCCNC(=O)c2ccccc2Cl)nc2ccccc21)Nc1cccc(C(F)(F)F)c1. The fourth-order valence-corrected chi connectivity index (χ4v) is 4.02. The van der Waals surface area contributed by atoms with Gasteiger partial charge >= 0.3 is 6.18 Å². The molecule has 0 aliphatic rings. The van der Waals surface area contributed by atoms with Crippen molar-refractivity contribution < 1.29 is 22.8 Å². The zero-order valence-corrected chi connectivity index (χ0v) is 19.7. The molecule has 10 heteroatoms. The van der Waals surface area contributed by atoms with Gasteiger partial charge in [-0.25, -0.2) is 4.98 Å². The summed E-state index contributed by atoms with van der Waals surface area (Å²) in [6, 6.07) is 18.5. The van der Waals surface area contributed by atoms with Crippen LogP contribution in [-0.2, 0) is 23.9 Å². The van der Waals surface area contributed by atoms with Crippen molar-refractivity contribution in [3.63, 3.8) is 0 Å². The van der Waals surface area contributed by atoms with E-state index in [4.69, 9.17) is 11.6 Å². The number of hydrogen-bond acceptors (Lipinski definition) is 3. The van der Waals surface area contributed by atoms with Gasteiger partial charge in [-0.2, -0.15) is 13.2 Å². The summed E-state index contributed by atoms with van der Waals surface area (Å²) in [5, 5.41) is 5.72. The van der Waals surface area contributed by atoms with E-state index in [1.807, 2.05) is 24.3 Å². The molecule has 3 aromatic carbocycles. The molecule has 186 valence electrons. The molecule has 2 amide bonds. The number of nitrogens with zero attached hydrogens (tertiary/aromatic N) is 2. The molecular formula is C26H22ClF3N4O2. The lowest BCUT2D eigenvalue weighted by atomic mass is 10.2. The molecule has 0 bridgehead atoms. The highest BCUT2D eigenvalue weighted by molar-refractivity contribution is 6.33. The van der Waals surface area contributed by atoms with Crippen LogP contribution in [0.5, 0.6) is 0 Å². The molecule has 0 saturated heterocycles. The van der Waals surface area contributed by atoms with Crippen molar-refractivity contribution in [1.82, 2.24) is 14.9 Å². The Morgan fingerprint density at radius 1 is 0.972 bits per heavy atom. The molecule has 0 aliphatic carbocycles. The molecule has 0 aliphatic heterocycles. The summed E-state index contributed by atoms with van der Waals surface area (Å²) in [5.74, 6) is -0.136. The van der Waals surface area contributed by atoms with Gasteiger partial charge in [-0.05, 0) is 48.9 Å². The van der Waals surface area contributed by atoms with Gasteiger partial charge in [0, 0.05) is 18.7 Å². The number of imidazole rings is 1. The van der Waals surface area contributed by atoms with Crippen molar-refractivity contribution in [1.29, 1.82) is 0 Å². The number of para-hydroxylation sites is 2. The number of benzene rings is 3. The maximum Gasteiger partial charge on any atom is 0.416 e. The van der Waals surface area contributed by atoms with Crippen LogP contribution in [0.15, 0.2) is 72.8 Å². The van der Waals surface area contributed by atoms with E-state index in [1.54, 1.807) is 28.8 Å². The number of anilines is 1. The standard InChI is InChI=1S/C26H22ClF3N4O2/c27-20-10-2-1-9-19(20)25(36)31-14-6-13-23-33-21-11-3-4-12-22(21)34(23)16-24(35)32-18-8-5-7-17(15-18)26(28,29)30/h1-5,7-12,15H,6,13-14,16H2,(H,31,36)(H,32,35). The molecule has 4 rings (SSSR count). The number of nitrogens with one attached hydrogen (secondary N) is 2. The van der Waals surface area contributed by atoms with Crippen LogP contribution < -0.4 is 10.6 Å². The van der Waals surface area contributed by atoms with Crippen LogP contribution in [0.2, 0.25) is 5.02 Å². The molecule has 2 N–H and O–H groups in total. The number of carbonyl (C=O) groups is 2. The lowest BCUT2D eigenvalue weighted by Gasteiger charge is -2.12. The Hall–Kier alpha value is -3.85. The molecule has 0 fully saturated rings. The number of fused-ring (bicyclic) bond motifs is 1. The molecule has 0 saturated carbocycles. The Balaban J connectivity index is 1.43. The van der Waals surface area contributed by atoms with Gasteiger partial charge in [-0.1, -0.05) is 41.9 Å². The molecule has 36 heavy (non-hydrogen) atoms. The maximum atomic E-state index is 13.0. The molecule has 0 spiro atoms. The summed E-state index contributed by atoms with van der Waals surface area (Å²) >= 11 is 6.06. The molecule has 4 aromatic rings. The van der Waals surface area contributed by atoms with Crippen LogP contribution in [-0.4, -0.2) is 27.9 Å². The van der Waals surface area contributed by atoms with Crippen molar-refractivity contribution in [3.05, 3.63) is 94.8 Å². The number of halogens is 4. The monoisotopic (exact) mass is 514 g/mol. The van der Waals surface area contributed by atoms with E-state index in [9.17, 15) is 22.8 Å². The molecule has 6 nitrogen and oxygen atoms in total. The van der Waals surface area contributed by atoms with Crippen LogP contribution in [0.4, 0.5) is 18.9 Å². The van der Waals surface area contributed by atoms with Gasteiger partial charge in [0.1, 0.15) is 12.4 Å². The Morgan fingerprint density at radius 3 is 2.50 bits per heavy atom. The molecule has 1 heterocycles. The summed E-state index contributed by atoms with van der Waals surface area (Å²) in [5.41, 5.74) is 1.03. The minimum absolute atomic E-state index is 0.0584. The van der Waals surface area contributed by atoms with Crippen LogP contribution in [0.25, 0.3) is 11.0 Å². The highest BCUT2D eigenvalue weighted by Gasteiger charge is 2.30. The normalized spacial score (nSPS) is 11.4. The van der Waals surface area contributed by atoms with Crippen LogP contribution >= 0.6 is 11.6 Å². The fourth-order valence-electron chi connectivity index (χ4n) is 3.80. The van der Waals surface area contributed by atoms with Crippen LogP contribution in [0.1, 0.15) is 28.2 Å². The van der Waals surface area contributed by atoms with Gasteiger partial charge in [0.25, 0.3) is 5.91 Å². The second-order valence-corrected chi connectivity index (χ2v) is 8.48. The second-order valence-electron chi connectivity index (χ2n) is 8.07. The van der Waals surface area contributed by atoms with Gasteiger partial charge in [0.2, 0.25) is 5.91 Å². The molecule has 1 aromatic heterocycles. The molecular weight excluding hydrogens is 493 g/mol. The predicted molar refractivity (Wildman–Crippen MR) is 132 cm³/mol. The highest BCUT2D eigenvalue weighted by atomic mass is 35.5. The Bertz CT molecular complexity index is 1400. The van der Waals surface area contributed by atoms with Gasteiger partial charge in [0.15, 0.2) is 0 Å². The summed E-state index contributed by atoms with van der Waals surface area (Å²) in [6.07, 6.45) is -3.49. The Labute approximate surface area is 210 Å². The van der Waals surface area contributed by atoms with Gasteiger partial charge in [-0.3, -0.25) is 9.59 Å². The predicted octanol–water partition coefficient (Wildman–Crippen LogP) is 5.71. The van der Waals surface area contributed by atoms with Gasteiger partial charge in [0.05, 0.1) is 27.2 Å². The zero-order chi connectivity index (χ0) is 25.7. The summed E-state index contributed by atoms with van der Waals surface area (Å²) < 4.78 is 40.7. The van der Waals surface area contributed by atoms with Gasteiger partial charge in [-0.15, -0.1) is 0 Å². The number of amides is 2. The van der Waals surface area contributed by atoms with E-state index in [-0.39, 0.29) is 18.1 Å². The summed E-state index contributed by atoms with van der Waals surface area (Å²) in [7, 11) is 0. The van der Waals surface area contributed by atoms with Crippen molar-refractivity contribution in [2.45, 2.75) is 25.6 Å². The van der Waals surface area contributed by atoms with E-state index >= 15 is 0 Å². The van der Waals surface area contributed by atoms with Crippen molar-refractivity contribution >= 4 is 40.1 Å². The van der Waals surface area contributed by atoms with E-state index in [0.717, 1.165) is 17.6 Å². The Morgan fingerprint density at radius 2 is 1.72 bits per heavy atom. The van der Waals surface area contributed by atoms with E-state index in [0.29, 0.717) is 41.3 Å². The highest BCUT2D eigenvalue weighted by Crippen LogP contribution is 2.30. The third-order valence-corrected chi connectivity index (χ3v) is 5.82. The largest absolute Gasteiger partial charge is 0.416 e. The maximum absolute atomic E-state index is 13.0. The van der Waals surface area contributed by atoms with Crippen LogP contribution in [0, 0.1) is 0 Å².